The van der Waals surface area contributed by atoms with Gasteiger partial charge in [0.05, 0.1) is 0 Å². The van der Waals surface area contributed by atoms with Crippen LogP contribution in [0.4, 0.5) is 10.1 Å². The van der Waals surface area contributed by atoms with Crippen LogP contribution in [-0.4, -0.2) is 20.7 Å². The third kappa shape index (κ3) is 3.06. The smallest absolute Gasteiger partial charge is 0.264 e. The van der Waals surface area contributed by atoms with Gasteiger partial charge in [-0.1, -0.05) is 18.2 Å². The molecule has 0 unspecified atom stereocenters. The number of rotatable bonds is 4. The van der Waals surface area contributed by atoms with Crippen molar-refractivity contribution in [1.82, 2.24) is 14.8 Å². The molecule has 7 heteroatoms. The molecule has 6 nitrogen and oxygen atoms in total. The highest BCUT2D eigenvalue weighted by atomic mass is 19.1. The molecule has 0 fully saturated rings. The standard InChI is InChI=1S/C19H15FN4O2/c1-12-22-23-19(26-12)17-10-13-4-2-3-5-16(13)24(17)11-18(25)21-15-8-6-14(20)7-9-15/h2-10H,11H2,1H3,(H,21,25). The van der Waals surface area contributed by atoms with Crippen molar-refractivity contribution < 1.29 is 13.6 Å². The number of benzene rings is 2. The number of nitrogens with one attached hydrogen (secondary N) is 1. The minimum Gasteiger partial charge on any atom is -0.420 e. The number of hydrogen-bond donors (Lipinski definition) is 1. The van der Waals surface area contributed by atoms with E-state index >= 15 is 0 Å². The number of carbonyl (C=O) groups is 1. The van der Waals surface area contributed by atoms with E-state index in [1.54, 1.807) is 6.92 Å². The van der Waals surface area contributed by atoms with Crippen LogP contribution in [0.2, 0.25) is 0 Å². The zero-order valence-electron chi connectivity index (χ0n) is 13.9. The highest BCUT2D eigenvalue weighted by Gasteiger charge is 2.17. The van der Waals surface area contributed by atoms with Crippen molar-refractivity contribution in [2.75, 3.05) is 5.32 Å². The average Bonchev–Trinajstić information content (AvgIpc) is 3.21. The molecule has 0 saturated heterocycles. The summed E-state index contributed by atoms with van der Waals surface area (Å²) in [5.74, 6) is 0.213. The minimum absolute atomic E-state index is 0.0572. The molecule has 2 aromatic heterocycles. The zero-order valence-corrected chi connectivity index (χ0v) is 13.9. The van der Waals surface area contributed by atoms with Crippen LogP contribution in [0.5, 0.6) is 0 Å². The van der Waals surface area contributed by atoms with Crippen molar-refractivity contribution in [3.8, 4) is 11.6 Å². The van der Waals surface area contributed by atoms with Crippen LogP contribution in [0.1, 0.15) is 5.89 Å². The van der Waals surface area contributed by atoms with E-state index < -0.39 is 0 Å². The van der Waals surface area contributed by atoms with Gasteiger partial charge in [0.2, 0.25) is 11.8 Å². The van der Waals surface area contributed by atoms with E-state index in [2.05, 4.69) is 15.5 Å². The fraction of sp³-hybridized carbons (Fsp3) is 0.105. The van der Waals surface area contributed by atoms with E-state index in [0.29, 0.717) is 23.2 Å². The van der Waals surface area contributed by atoms with Gasteiger partial charge in [-0.2, -0.15) is 0 Å². The van der Waals surface area contributed by atoms with Crippen LogP contribution in [0.3, 0.4) is 0 Å². The van der Waals surface area contributed by atoms with Gasteiger partial charge >= 0.3 is 0 Å². The first-order valence-electron chi connectivity index (χ1n) is 8.04. The lowest BCUT2D eigenvalue weighted by Crippen LogP contribution is -2.19. The SMILES string of the molecule is Cc1nnc(-c2cc3ccccc3n2CC(=O)Nc2ccc(F)cc2)o1. The van der Waals surface area contributed by atoms with Gasteiger partial charge in [-0.3, -0.25) is 4.79 Å². The maximum absolute atomic E-state index is 13.0. The molecule has 4 aromatic rings. The van der Waals surface area contributed by atoms with Crippen molar-refractivity contribution in [2.24, 2.45) is 0 Å². The lowest BCUT2D eigenvalue weighted by Gasteiger charge is -2.10. The molecule has 0 spiro atoms. The predicted molar refractivity (Wildman–Crippen MR) is 95.0 cm³/mol. The average molecular weight is 350 g/mol. The van der Waals surface area contributed by atoms with Crippen LogP contribution < -0.4 is 5.32 Å². The second kappa shape index (κ2) is 6.44. The van der Waals surface area contributed by atoms with E-state index in [4.69, 9.17) is 4.42 Å². The highest BCUT2D eigenvalue weighted by Crippen LogP contribution is 2.27. The van der Waals surface area contributed by atoms with Gasteiger partial charge in [-0.15, -0.1) is 10.2 Å². The molecule has 1 amide bonds. The summed E-state index contributed by atoms with van der Waals surface area (Å²) in [5, 5.41) is 11.7. The van der Waals surface area contributed by atoms with Crippen molar-refractivity contribution in [1.29, 1.82) is 0 Å². The van der Waals surface area contributed by atoms with Crippen LogP contribution in [0.15, 0.2) is 59.0 Å². The number of halogens is 1. The first kappa shape index (κ1) is 16.0. The summed E-state index contributed by atoms with van der Waals surface area (Å²) in [6.45, 7) is 1.77. The number of amides is 1. The molecular formula is C19H15FN4O2. The molecule has 0 radical (unpaired) electrons. The van der Waals surface area contributed by atoms with Gasteiger partial charge in [0.25, 0.3) is 5.89 Å². The first-order chi connectivity index (χ1) is 12.6. The van der Waals surface area contributed by atoms with Crippen LogP contribution in [-0.2, 0) is 11.3 Å². The minimum atomic E-state index is -0.353. The molecule has 2 aromatic carbocycles. The Balaban J connectivity index is 1.68. The number of carbonyl (C=O) groups excluding carboxylic acids is 1. The van der Waals surface area contributed by atoms with Gasteiger partial charge in [0.1, 0.15) is 18.1 Å². The number of fused-ring (bicyclic) bond motifs is 1. The third-order valence-electron chi connectivity index (χ3n) is 3.99. The Morgan fingerprint density at radius 2 is 1.92 bits per heavy atom. The Labute approximate surface area is 148 Å². The van der Waals surface area contributed by atoms with Crippen molar-refractivity contribution >= 4 is 22.5 Å². The summed E-state index contributed by atoms with van der Waals surface area (Å²) < 4.78 is 20.4. The van der Waals surface area contributed by atoms with E-state index in [-0.39, 0.29) is 18.3 Å². The number of para-hydroxylation sites is 1. The molecule has 1 N–H and O–H groups in total. The molecule has 2 heterocycles. The maximum atomic E-state index is 13.0. The molecule has 0 aliphatic carbocycles. The van der Waals surface area contributed by atoms with Crippen LogP contribution >= 0.6 is 0 Å². The van der Waals surface area contributed by atoms with Gasteiger partial charge in [0, 0.05) is 23.5 Å². The van der Waals surface area contributed by atoms with E-state index in [0.717, 1.165) is 10.9 Å². The van der Waals surface area contributed by atoms with Crippen LogP contribution in [0.25, 0.3) is 22.5 Å². The fourth-order valence-corrected chi connectivity index (χ4v) is 2.84. The summed E-state index contributed by atoms with van der Waals surface area (Å²) in [7, 11) is 0. The molecule has 0 saturated carbocycles. The second-order valence-electron chi connectivity index (χ2n) is 5.86. The molecule has 0 aliphatic rings. The number of anilines is 1. The van der Waals surface area contributed by atoms with Gasteiger partial charge in [-0.05, 0) is 36.4 Å². The summed E-state index contributed by atoms with van der Waals surface area (Å²) in [6, 6.07) is 15.2. The van der Waals surface area contributed by atoms with E-state index in [9.17, 15) is 9.18 Å². The maximum Gasteiger partial charge on any atom is 0.264 e. The van der Waals surface area contributed by atoms with Gasteiger partial charge in [0.15, 0.2) is 0 Å². The van der Waals surface area contributed by atoms with Crippen molar-refractivity contribution in [3.63, 3.8) is 0 Å². The Hall–Kier alpha value is -3.48. The second-order valence-corrected chi connectivity index (χ2v) is 5.86. The molecule has 4 rings (SSSR count). The van der Waals surface area contributed by atoms with Gasteiger partial charge < -0.3 is 14.3 Å². The van der Waals surface area contributed by atoms with E-state index in [1.165, 1.54) is 24.3 Å². The fourth-order valence-electron chi connectivity index (χ4n) is 2.84. The summed E-state index contributed by atoms with van der Waals surface area (Å²) in [5.41, 5.74) is 2.08. The Bertz CT molecular complexity index is 1080. The first-order valence-corrected chi connectivity index (χ1v) is 8.04. The quantitative estimate of drug-likeness (QED) is 0.608. The zero-order chi connectivity index (χ0) is 18.1. The number of nitrogens with zero attached hydrogens (tertiary/aromatic N) is 3. The summed E-state index contributed by atoms with van der Waals surface area (Å²) in [4.78, 5) is 12.5. The predicted octanol–water partition coefficient (Wildman–Crippen LogP) is 3.78. The number of hydrogen-bond acceptors (Lipinski definition) is 4. The molecule has 0 atom stereocenters. The van der Waals surface area contributed by atoms with Crippen molar-refractivity contribution in [2.45, 2.75) is 13.5 Å². The van der Waals surface area contributed by atoms with Crippen molar-refractivity contribution in [3.05, 3.63) is 66.3 Å². The lowest BCUT2D eigenvalue weighted by atomic mass is 10.2. The van der Waals surface area contributed by atoms with Crippen LogP contribution in [0, 0.1) is 12.7 Å². The normalized spacial score (nSPS) is 11.0. The van der Waals surface area contributed by atoms with E-state index in [1.807, 2.05) is 34.9 Å². The Morgan fingerprint density at radius 3 is 2.65 bits per heavy atom. The number of aryl methyl sites for hydroxylation is 1. The largest absolute Gasteiger partial charge is 0.420 e. The molecule has 26 heavy (non-hydrogen) atoms. The topological polar surface area (TPSA) is 73.0 Å². The summed E-state index contributed by atoms with van der Waals surface area (Å²) >= 11 is 0. The molecule has 0 bridgehead atoms. The molecular weight excluding hydrogens is 335 g/mol. The number of aromatic nitrogens is 3. The lowest BCUT2D eigenvalue weighted by molar-refractivity contribution is -0.116. The summed E-state index contributed by atoms with van der Waals surface area (Å²) in [6.07, 6.45) is 0. The Kier molecular flexibility index (Phi) is 3.96. The molecule has 0 aliphatic heterocycles. The third-order valence-corrected chi connectivity index (χ3v) is 3.99. The van der Waals surface area contributed by atoms with Gasteiger partial charge in [-0.25, -0.2) is 4.39 Å². The molecule has 130 valence electrons. The monoisotopic (exact) mass is 350 g/mol. The Morgan fingerprint density at radius 1 is 1.15 bits per heavy atom. The highest BCUT2D eigenvalue weighted by molar-refractivity contribution is 5.93.